The molecule has 0 spiro atoms. The standard InChI is InChI=1S/C8H5BrClNS/c9-6-5(10)3-4-1-2-12-8(4)7(6)11/h1-3H,11H2. The van der Waals surface area contributed by atoms with E-state index in [0.717, 1.165) is 20.2 Å². The summed E-state index contributed by atoms with van der Waals surface area (Å²) in [5, 5.41) is 3.77. The Labute approximate surface area is 87.3 Å². The van der Waals surface area contributed by atoms with E-state index in [-0.39, 0.29) is 0 Å². The molecule has 0 unspecified atom stereocenters. The lowest BCUT2D eigenvalue weighted by Gasteiger charge is -2.01. The zero-order valence-corrected chi connectivity index (χ0v) is 9.13. The van der Waals surface area contributed by atoms with E-state index in [9.17, 15) is 0 Å². The van der Waals surface area contributed by atoms with Crippen molar-refractivity contribution in [3.8, 4) is 0 Å². The maximum Gasteiger partial charge on any atom is 0.0654 e. The molecule has 0 saturated heterocycles. The van der Waals surface area contributed by atoms with Gasteiger partial charge in [0.25, 0.3) is 0 Å². The minimum atomic E-state index is 0.665. The van der Waals surface area contributed by atoms with Crippen LogP contribution in [0, 0.1) is 0 Å². The van der Waals surface area contributed by atoms with Crippen LogP contribution in [0.15, 0.2) is 22.0 Å². The number of rotatable bonds is 0. The average Bonchev–Trinajstić information content (AvgIpc) is 2.48. The fourth-order valence-corrected chi connectivity index (χ4v) is 2.59. The molecule has 0 aliphatic heterocycles. The highest BCUT2D eigenvalue weighted by atomic mass is 79.9. The van der Waals surface area contributed by atoms with Gasteiger partial charge in [0.2, 0.25) is 0 Å². The fraction of sp³-hybridized carbons (Fsp3) is 0. The predicted octanol–water partition coefficient (Wildman–Crippen LogP) is 3.90. The van der Waals surface area contributed by atoms with E-state index in [0.29, 0.717) is 5.02 Å². The van der Waals surface area contributed by atoms with Crippen LogP contribution in [-0.4, -0.2) is 0 Å². The van der Waals surface area contributed by atoms with Crippen LogP contribution < -0.4 is 5.73 Å². The summed E-state index contributed by atoms with van der Waals surface area (Å²) in [5.74, 6) is 0. The lowest BCUT2D eigenvalue weighted by Crippen LogP contribution is -1.86. The Morgan fingerprint density at radius 1 is 1.50 bits per heavy atom. The summed E-state index contributed by atoms with van der Waals surface area (Å²) in [6, 6.07) is 3.92. The highest BCUT2D eigenvalue weighted by Crippen LogP contribution is 2.37. The second-order valence-electron chi connectivity index (χ2n) is 2.42. The van der Waals surface area contributed by atoms with E-state index in [1.165, 1.54) is 0 Å². The Morgan fingerprint density at radius 2 is 2.25 bits per heavy atom. The Hall–Kier alpha value is -0.250. The van der Waals surface area contributed by atoms with E-state index in [2.05, 4.69) is 15.9 Å². The number of benzene rings is 1. The number of nitrogens with two attached hydrogens (primary N) is 1. The van der Waals surface area contributed by atoms with Gasteiger partial charge >= 0.3 is 0 Å². The Kier molecular flexibility index (Phi) is 2.02. The number of anilines is 1. The molecule has 1 nitrogen and oxygen atoms in total. The quantitative estimate of drug-likeness (QED) is 0.716. The molecule has 0 atom stereocenters. The van der Waals surface area contributed by atoms with Crippen LogP contribution in [0.4, 0.5) is 5.69 Å². The number of halogens is 2. The molecule has 0 bridgehead atoms. The summed E-state index contributed by atoms with van der Waals surface area (Å²) in [7, 11) is 0. The summed E-state index contributed by atoms with van der Waals surface area (Å²) in [6.45, 7) is 0. The smallest absolute Gasteiger partial charge is 0.0654 e. The molecule has 0 fully saturated rings. The summed E-state index contributed by atoms with van der Waals surface area (Å²) < 4.78 is 1.88. The van der Waals surface area contributed by atoms with Gasteiger partial charge in [-0.25, -0.2) is 0 Å². The third-order valence-electron chi connectivity index (χ3n) is 1.67. The molecular formula is C8H5BrClNS. The molecular weight excluding hydrogens is 258 g/mol. The van der Waals surface area contributed by atoms with Crippen LogP contribution in [0.1, 0.15) is 0 Å². The van der Waals surface area contributed by atoms with Crippen molar-refractivity contribution >= 4 is 54.6 Å². The Bertz CT molecular complexity index is 438. The molecule has 1 aromatic heterocycles. The maximum atomic E-state index is 5.93. The zero-order valence-electron chi connectivity index (χ0n) is 5.97. The normalized spacial score (nSPS) is 10.8. The molecule has 0 aliphatic rings. The van der Waals surface area contributed by atoms with Crippen LogP contribution in [0.2, 0.25) is 5.02 Å². The molecule has 0 radical (unpaired) electrons. The van der Waals surface area contributed by atoms with Crippen LogP contribution in [0.5, 0.6) is 0 Å². The van der Waals surface area contributed by atoms with Crippen molar-refractivity contribution in [1.82, 2.24) is 0 Å². The summed E-state index contributed by atoms with van der Waals surface area (Å²) >= 11 is 10.9. The number of thiophene rings is 1. The van der Waals surface area contributed by atoms with Crippen molar-refractivity contribution in [2.75, 3.05) is 5.73 Å². The molecule has 1 heterocycles. The van der Waals surface area contributed by atoms with E-state index >= 15 is 0 Å². The van der Waals surface area contributed by atoms with Crippen molar-refractivity contribution in [1.29, 1.82) is 0 Å². The van der Waals surface area contributed by atoms with Crippen molar-refractivity contribution in [3.05, 3.63) is 27.0 Å². The van der Waals surface area contributed by atoms with Crippen molar-refractivity contribution in [2.24, 2.45) is 0 Å². The molecule has 2 rings (SSSR count). The first-order valence-electron chi connectivity index (χ1n) is 3.31. The molecule has 0 saturated carbocycles. The lowest BCUT2D eigenvalue weighted by atomic mass is 10.2. The molecule has 2 N–H and O–H groups in total. The highest BCUT2D eigenvalue weighted by molar-refractivity contribution is 9.10. The Morgan fingerprint density at radius 3 is 3.00 bits per heavy atom. The first-order chi connectivity index (χ1) is 5.70. The van der Waals surface area contributed by atoms with Gasteiger partial charge in [-0.05, 0) is 38.8 Å². The third-order valence-corrected chi connectivity index (χ3v) is 4.01. The minimum Gasteiger partial charge on any atom is -0.397 e. The average molecular weight is 263 g/mol. The van der Waals surface area contributed by atoms with Gasteiger partial charge in [-0.3, -0.25) is 0 Å². The van der Waals surface area contributed by atoms with Gasteiger partial charge in [0.15, 0.2) is 0 Å². The van der Waals surface area contributed by atoms with Gasteiger partial charge < -0.3 is 5.73 Å². The zero-order chi connectivity index (χ0) is 8.72. The molecule has 12 heavy (non-hydrogen) atoms. The minimum absolute atomic E-state index is 0.665. The van der Waals surface area contributed by atoms with Crippen LogP contribution in [-0.2, 0) is 0 Å². The molecule has 1 aromatic carbocycles. The van der Waals surface area contributed by atoms with Gasteiger partial charge in [-0.1, -0.05) is 11.6 Å². The summed E-state index contributed by atoms with van der Waals surface area (Å²) in [4.78, 5) is 0. The number of fused-ring (bicyclic) bond motifs is 1. The topological polar surface area (TPSA) is 26.0 Å². The van der Waals surface area contributed by atoms with Gasteiger partial charge in [0, 0.05) is 0 Å². The molecule has 0 amide bonds. The van der Waals surface area contributed by atoms with Gasteiger partial charge in [-0.15, -0.1) is 11.3 Å². The van der Waals surface area contributed by atoms with E-state index in [4.69, 9.17) is 17.3 Å². The van der Waals surface area contributed by atoms with Crippen molar-refractivity contribution in [3.63, 3.8) is 0 Å². The maximum absolute atomic E-state index is 5.93. The predicted molar refractivity (Wildman–Crippen MR) is 58.9 cm³/mol. The second kappa shape index (κ2) is 2.91. The van der Waals surface area contributed by atoms with Crippen LogP contribution in [0.25, 0.3) is 10.1 Å². The van der Waals surface area contributed by atoms with Crippen LogP contribution in [0.3, 0.4) is 0 Å². The first kappa shape index (κ1) is 8.35. The van der Waals surface area contributed by atoms with E-state index in [1.807, 2.05) is 17.5 Å². The van der Waals surface area contributed by atoms with E-state index < -0.39 is 0 Å². The SMILES string of the molecule is Nc1c(Br)c(Cl)cc2ccsc12. The Balaban J connectivity index is 2.94. The van der Waals surface area contributed by atoms with Gasteiger partial charge in [0.1, 0.15) is 0 Å². The third kappa shape index (κ3) is 1.13. The lowest BCUT2D eigenvalue weighted by molar-refractivity contribution is 1.73. The monoisotopic (exact) mass is 261 g/mol. The highest BCUT2D eigenvalue weighted by Gasteiger charge is 2.07. The van der Waals surface area contributed by atoms with Gasteiger partial charge in [0.05, 0.1) is 19.9 Å². The molecule has 2 aromatic rings. The van der Waals surface area contributed by atoms with Crippen molar-refractivity contribution in [2.45, 2.75) is 0 Å². The van der Waals surface area contributed by atoms with Gasteiger partial charge in [-0.2, -0.15) is 0 Å². The number of hydrogen-bond donors (Lipinski definition) is 1. The number of hydrogen-bond acceptors (Lipinski definition) is 2. The molecule has 0 aliphatic carbocycles. The summed E-state index contributed by atoms with van der Waals surface area (Å²) in [6.07, 6.45) is 0. The molecule has 62 valence electrons. The van der Waals surface area contributed by atoms with E-state index in [1.54, 1.807) is 11.3 Å². The van der Waals surface area contributed by atoms with Crippen LogP contribution >= 0.6 is 38.9 Å². The second-order valence-corrected chi connectivity index (χ2v) is 4.54. The fourth-order valence-electron chi connectivity index (χ4n) is 1.08. The largest absolute Gasteiger partial charge is 0.397 e. The number of nitrogen functional groups attached to an aromatic ring is 1. The summed E-state index contributed by atoms with van der Waals surface area (Å²) in [5.41, 5.74) is 6.57. The molecule has 4 heteroatoms. The first-order valence-corrected chi connectivity index (χ1v) is 5.36. The van der Waals surface area contributed by atoms with Crippen molar-refractivity contribution < 1.29 is 0 Å².